The first kappa shape index (κ1) is 8.25. The SMILES string of the molecule is [Cu].c1ccc2cnccc2c1. The Labute approximate surface area is 75.9 Å². The van der Waals surface area contributed by atoms with E-state index in [9.17, 15) is 0 Å². The van der Waals surface area contributed by atoms with E-state index < -0.39 is 0 Å². The number of hydrogen-bond acceptors (Lipinski definition) is 1. The van der Waals surface area contributed by atoms with E-state index in [2.05, 4.69) is 17.1 Å². The molecular weight excluding hydrogens is 186 g/mol. The van der Waals surface area contributed by atoms with Gasteiger partial charge in [0.15, 0.2) is 0 Å². The van der Waals surface area contributed by atoms with Gasteiger partial charge in [-0.05, 0) is 16.8 Å². The number of rotatable bonds is 0. The number of pyridine rings is 1. The molecule has 0 amide bonds. The molecular formula is C9H7CuN. The maximum absolute atomic E-state index is 4.01. The molecule has 0 atom stereocenters. The smallest absolute Gasteiger partial charge is 0.0346 e. The molecule has 0 saturated heterocycles. The van der Waals surface area contributed by atoms with Crippen LogP contribution < -0.4 is 0 Å². The van der Waals surface area contributed by atoms with Gasteiger partial charge < -0.3 is 0 Å². The Balaban J connectivity index is 0.000000605. The molecule has 1 aromatic carbocycles. The largest absolute Gasteiger partial charge is 0.264 e. The maximum atomic E-state index is 4.01. The van der Waals surface area contributed by atoms with Crippen LogP contribution in [0.5, 0.6) is 0 Å². The van der Waals surface area contributed by atoms with Gasteiger partial charge in [0.1, 0.15) is 0 Å². The summed E-state index contributed by atoms with van der Waals surface area (Å²) >= 11 is 0. The van der Waals surface area contributed by atoms with Crippen molar-refractivity contribution in [1.29, 1.82) is 0 Å². The van der Waals surface area contributed by atoms with Crippen molar-refractivity contribution in [3.8, 4) is 0 Å². The Morgan fingerprint density at radius 2 is 1.64 bits per heavy atom. The van der Waals surface area contributed by atoms with Crippen LogP contribution in [0.1, 0.15) is 0 Å². The predicted octanol–water partition coefficient (Wildman–Crippen LogP) is 2.23. The van der Waals surface area contributed by atoms with Crippen LogP contribution in [0.25, 0.3) is 10.8 Å². The molecule has 0 N–H and O–H groups in total. The molecule has 0 aliphatic rings. The van der Waals surface area contributed by atoms with Crippen LogP contribution in [0, 0.1) is 0 Å². The monoisotopic (exact) mass is 192 g/mol. The van der Waals surface area contributed by atoms with Crippen LogP contribution in [0.2, 0.25) is 0 Å². The van der Waals surface area contributed by atoms with Crippen LogP contribution in [0.3, 0.4) is 0 Å². The molecule has 0 saturated carbocycles. The molecule has 1 radical (unpaired) electrons. The van der Waals surface area contributed by atoms with Crippen molar-refractivity contribution in [3.63, 3.8) is 0 Å². The summed E-state index contributed by atoms with van der Waals surface area (Å²) in [6.45, 7) is 0. The third-order valence-corrected chi connectivity index (χ3v) is 1.55. The van der Waals surface area contributed by atoms with Gasteiger partial charge in [-0.1, -0.05) is 24.3 Å². The summed E-state index contributed by atoms with van der Waals surface area (Å²) in [5.41, 5.74) is 0. The second-order valence-corrected chi connectivity index (χ2v) is 2.22. The van der Waals surface area contributed by atoms with Gasteiger partial charge in [0, 0.05) is 29.5 Å². The molecule has 11 heavy (non-hydrogen) atoms. The number of aromatic nitrogens is 1. The summed E-state index contributed by atoms with van der Waals surface area (Å²) in [5.74, 6) is 0. The Morgan fingerprint density at radius 3 is 2.36 bits per heavy atom. The Bertz CT molecular complexity index is 281. The van der Waals surface area contributed by atoms with E-state index in [0.29, 0.717) is 0 Å². The van der Waals surface area contributed by atoms with Crippen molar-refractivity contribution in [2.75, 3.05) is 0 Å². The molecule has 59 valence electrons. The van der Waals surface area contributed by atoms with Gasteiger partial charge in [-0.25, -0.2) is 0 Å². The zero-order valence-corrected chi connectivity index (χ0v) is 6.73. The van der Waals surface area contributed by atoms with Gasteiger partial charge >= 0.3 is 0 Å². The quantitative estimate of drug-likeness (QED) is 0.584. The van der Waals surface area contributed by atoms with E-state index in [1.807, 2.05) is 30.6 Å². The average Bonchev–Trinajstić information content (AvgIpc) is 2.05. The number of hydrogen-bond donors (Lipinski definition) is 0. The number of fused-ring (bicyclic) bond motifs is 1. The molecule has 0 aliphatic carbocycles. The first-order valence-electron chi connectivity index (χ1n) is 3.25. The summed E-state index contributed by atoms with van der Waals surface area (Å²) in [5, 5.41) is 2.45. The van der Waals surface area contributed by atoms with E-state index >= 15 is 0 Å². The van der Waals surface area contributed by atoms with Crippen molar-refractivity contribution in [1.82, 2.24) is 4.98 Å². The normalized spacial score (nSPS) is 9.09. The zero-order chi connectivity index (χ0) is 6.81. The van der Waals surface area contributed by atoms with Gasteiger partial charge in [-0.3, -0.25) is 4.98 Å². The van der Waals surface area contributed by atoms with Crippen LogP contribution in [0.15, 0.2) is 42.7 Å². The van der Waals surface area contributed by atoms with E-state index in [1.165, 1.54) is 10.8 Å². The van der Waals surface area contributed by atoms with Gasteiger partial charge in [0.2, 0.25) is 0 Å². The van der Waals surface area contributed by atoms with Gasteiger partial charge in [0.25, 0.3) is 0 Å². The summed E-state index contributed by atoms with van der Waals surface area (Å²) < 4.78 is 0. The van der Waals surface area contributed by atoms with Gasteiger partial charge in [0.05, 0.1) is 0 Å². The predicted molar refractivity (Wildman–Crippen MR) is 41.7 cm³/mol. The minimum absolute atomic E-state index is 0. The molecule has 0 unspecified atom stereocenters. The van der Waals surface area contributed by atoms with Gasteiger partial charge in [-0.15, -0.1) is 0 Å². The fraction of sp³-hybridized carbons (Fsp3) is 0. The Kier molecular flexibility index (Phi) is 2.64. The second kappa shape index (κ2) is 3.51. The molecule has 1 nitrogen and oxygen atoms in total. The molecule has 1 aromatic heterocycles. The fourth-order valence-corrected chi connectivity index (χ4v) is 1.03. The van der Waals surface area contributed by atoms with E-state index in [-0.39, 0.29) is 17.1 Å². The minimum atomic E-state index is 0. The average molecular weight is 193 g/mol. The molecule has 1 heterocycles. The maximum Gasteiger partial charge on any atom is 0.0346 e. The Morgan fingerprint density at radius 1 is 0.909 bits per heavy atom. The molecule has 0 aliphatic heterocycles. The third kappa shape index (κ3) is 1.59. The van der Waals surface area contributed by atoms with Crippen molar-refractivity contribution in [3.05, 3.63) is 42.7 Å². The van der Waals surface area contributed by atoms with Crippen molar-refractivity contribution >= 4 is 10.8 Å². The third-order valence-electron chi connectivity index (χ3n) is 1.55. The summed E-state index contributed by atoms with van der Waals surface area (Å²) in [7, 11) is 0. The van der Waals surface area contributed by atoms with E-state index in [0.717, 1.165) is 0 Å². The summed E-state index contributed by atoms with van der Waals surface area (Å²) in [4.78, 5) is 4.01. The molecule has 0 bridgehead atoms. The van der Waals surface area contributed by atoms with Crippen LogP contribution in [-0.2, 0) is 17.1 Å². The Hall–Kier alpha value is -0.851. The number of nitrogens with zero attached hydrogens (tertiary/aromatic N) is 1. The van der Waals surface area contributed by atoms with Crippen molar-refractivity contribution in [2.45, 2.75) is 0 Å². The molecule has 2 aromatic rings. The zero-order valence-electron chi connectivity index (χ0n) is 5.79. The molecule has 0 spiro atoms. The summed E-state index contributed by atoms with van der Waals surface area (Å²) in [6, 6.07) is 10.2. The summed E-state index contributed by atoms with van der Waals surface area (Å²) in [6.07, 6.45) is 3.68. The van der Waals surface area contributed by atoms with E-state index in [4.69, 9.17) is 0 Å². The second-order valence-electron chi connectivity index (χ2n) is 2.22. The van der Waals surface area contributed by atoms with Crippen molar-refractivity contribution < 1.29 is 17.1 Å². The standard InChI is InChI=1S/C9H7N.Cu/c1-2-4-9-7-10-6-5-8(9)3-1;/h1-7H;. The number of benzene rings is 1. The fourth-order valence-electron chi connectivity index (χ4n) is 1.03. The molecule has 0 fully saturated rings. The van der Waals surface area contributed by atoms with Gasteiger partial charge in [-0.2, -0.15) is 0 Å². The van der Waals surface area contributed by atoms with Crippen LogP contribution in [0.4, 0.5) is 0 Å². The van der Waals surface area contributed by atoms with Crippen LogP contribution in [-0.4, -0.2) is 4.98 Å². The van der Waals surface area contributed by atoms with Crippen LogP contribution >= 0.6 is 0 Å². The first-order chi connectivity index (χ1) is 4.97. The van der Waals surface area contributed by atoms with Crippen molar-refractivity contribution in [2.24, 2.45) is 0 Å². The minimum Gasteiger partial charge on any atom is -0.264 e. The van der Waals surface area contributed by atoms with E-state index in [1.54, 1.807) is 0 Å². The molecule has 2 rings (SSSR count). The molecule has 2 heteroatoms. The first-order valence-corrected chi connectivity index (χ1v) is 3.25. The topological polar surface area (TPSA) is 12.9 Å².